The van der Waals surface area contributed by atoms with Gasteiger partial charge in [-0.3, -0.25) is 0 Å². The maximum atomic E-state index is 12.5. The molecule has 7 heteroatoms. The van der Waals surface area contributed by atoms with Crippen LogP contribution in [0.5, 0.6) is 0 Å². The number of nitrogens with zero attached hydrogens (tertiary/aromatic N) is 2. The second kappa shape index (κ2) is 5.88. The summed E-state index contributed by atoms with van der Waals surface area (Å²) in [6.45, 7) is 3.97. The van der Waals surface area contributed by atoms with Crippen molar-refractivity contribution in [3.63, 3.8) is 0 Å². The van der Waals surface area contributed by atoms with Crippen molar-refractivity contribution in [2.75, 3.05) is 11.1 Å². The van der Waals surface area contributed by atoms with Crippen LogP contribution in [0.3, 0.4) is 0 Å². The van der Waals surface area contributed by atoms with E-state index in [4.69, 9.17) is 5.73 Å². The summed E-state index contributed by atoms with van der Waals surface area (Å²) in [5.41, 5.74) is 4.26. The fraction of sp³-hybridized carbons (Fsp3) is 0.636. The first-order valence-corrected chi connectivity index (χ1v) is 5.85. The van der Waals surface area contributed by atoms with Crippen LogP contribution in [0.1, 0.15) is 38.8 Å². The molecule has 0 amide bonds. The van der Waals surface area contributed by atoms with E-state index in [-0.39, 0.29) is 17.8 Å². The minimum Gasteiger partial charge on any atom is -0.368 e. The van der Waals surface area contributed by atoms with E-state index in [1.54, 1.807) is 0 Å². The summed E-state index contributed by atoms with van der Waals surface area (Å²) in [6, 6.07) is 0.972. The fourth-order valence-corrected chi connectivity index (χ4v) is 1.62. The Kier molecular flexibility index (Phi) is 4.75. The molecule has 0 saturated carbocycles. The zero-order valence-corrected chi connectivity index (χ0v) is 10.4. The van der Waals surface area contributed by atoms with Crippen LogP contribution >= 0.6 is 0 Å². The highest BCUT2D eigenvalue weighted by Crippen LogP contribution is 2.29. The number of nitrogens with two attached hydrogens (primary N) is 1. The molecule has 0 radical (unpaired) electrons. The van der Waals surface area contributed by atoms with E-state index < -0.39 is 11.9 Å². The number of nitrogens with one attached hydrogen (secondary N) is 1. The minimum absolute atomic E-state index is 0.0883. The standard InChI is InChI=1S/C11H17F3N4/c1-3-5-7(4-2)16-9-6-8(11(12,13)14)17-10(15)18-9/h6-7H,3-5H2,1-2H3,(H3,15,16,17,18). The maximum absolute atomic E-state index is 12.5. The lowest BCUT2D eigenvalue weighted by molar-refractivity contribution is -0.141. The molecular weight excluding hydrogens is 245 g/mol. The molecule has 1 atom stereocenters. The first kappa shape index (κ1) is 14.5. The second-order valence-corrected chi connectivity index (χ2v) is 4.03. The third-order valence-corrected chi connectivity index (χ3v) is 2.52. The van der Waals surface area contributed by atoms with Crippen LogP contribution in [0.4, 0.5) is 24.9 Å². The van der Waals surface area contributed by atoms with Crippen molar-refractivity contribution in [1.82, 2.24) is 9.97 Å². The van der Waals surface area contributed by atoms with Gasteiger partial charge < -0.3 is 11.1 Å². The molecule has 1 aromatic heterocycles. The Morgan fingerprint density at radius 1 is 1.33 bits per heavy atom. The molecule has 4 nitrogen and oxygen atoms in total. The van der Waals surface area contributed by atoms with Gasteiger partial charge in [0, 0.05) is 12.1 Å². The van der Waals surface area contributed by atoms with E-state index in [0.29, 0.717) is 0 Å². The highest BCUT2D eigenvalue weighted by Gasteiger charge is 2.33. The molecule has 1 heterocycles. The Hall–Kier alpha value is -1.53. The van der Waals surface area contributed by atoms with Gasteiger partial charge in [0.2, 0.25) is 5.95 Å². The second-order valence-electron chi connectivity index (χ2n) is 4.03. The van der Waals surface area contributed by atoms with Crippen LogP contribution < -0.4 is 11.1 Å². The normalized spacial score (nSPS) is 13.4. The van der Waals surface area contributed by atoms with E-state index in [9.17, 15) is 13.2 Å². The van der Waals surface area contributed by atoms with Crippen molar-refractivity contribution in [2.24, 2.45) is 0 Å². The number of hydrogen-bond acceptors (Lipinski definition) is 4. The molecule has 0 fully saturated rings. The molecule has 1 aromatic rings. The van der Waals surface area contributed by atoms with Crippen LogP contribution in [0.25, 0.3) is 0 Å². The van der Waals surface area contributed by atoms with Gasteiger partial charge in [0.05, 0.1) is 0 Å². The Morgan fingerprint density at radius 3 is 2.50 bits per heavy atom. The molecule has 0 aromatic carbocycles. The van der Waals surface area contributed by atoms with E-state index in [1.165, 1.54) is 0 Å². The van der Waals surface area contributed by atoms with E-state index in [1.807, 2.05) is 13.8 Å². The number of aromatic nitrogens is 2. The van der Waals surface area contributed by atoms with Gasteiger partial charge in [-0.25, -0.2) is 4.98 Å². The van der Waals surface area contributed by atoms with Crippen LogP contribution in [0, 0.1) is 0 Å². The van der Waals surface area contributed by atoms with Crippen LogP contribution in [0.2, 0.25) is 0 Å². The first-order valence-electron chi connectivity index (χ1n) is 5.85. The predicted octanol–water partition coefficient (Wildman–Crippen LogP) is 3.07. The summed E-state index contributed by atoms with van der Waals surface area (Å²) in [7, 11) is 0. The van der Waals surface area contributed by atoms with E-state index in [0.717, 1.165) is 25.3 Å². The summed E-state index contributed by atoms with van der Waals surface area (Å²) < 4.78 is 37.6. The van der Waals surface area contributed by atoms with Crippen LogP contribution in [-0.4, -0.2) is 16.0 Å². The molecule has 102 valence electrons. The summed E-state index contributed by atoms with van der Waals surface area (Å²) in [5, 5.41) is 2.95. The fourth-order valence-electron chi connectivity index (χ4n) is 1.62. The summed E-state index contributed by atoms with van der Waals surface area (Å²) in [6.07, 6.45) is -1.90. The third-order valence-electron chi connectivity index (χ3n) is 2.52. The molecule has 1 rings (SSSR count). The first-order chi connectivity index (χ1) is 8.36. The maximum Gasteiger partial charge on any atom is 0.433 e. The van der Waals surface area contributed by atoms with Crippen molar-refractivity contribution in [3.05, 3.63) is 11.8 Å². The zero-order chi connectivity index (χ0) is 13.8. The number of alkyl halides is 3. The average Bonchev–Trinajstić information content (AvgIpc) is 2.26. The monoisotopic (exact) mass is 262 g/mol. The number of halogens is 3. The summed E-state index contributed by atoms with van der Waals surface area (Å²) in [5.74, 6) is -0.256. The Bertz CT molecular complexity index is 392. The molecule has 18 heavy (non-hydrogen) atoms. The van der Waals surface area contributed by atoms with Crippen molar-refractivity contribution < 1.29 is 13.2 Å². The predicted molar refractivity (Wildman–Crippen MR) is 64.1 cm³/mol. The lowest BCUT2D eigenvalue weighted by Gasteiger charge is -2.17. The van der Waals surface area contributed by atoms with Crippen LogP contribution in [0.15, 0.2) is 6.07 Å². The number of nitrogen functional groups attached to an aromatic ring is 1. The van der Waals surface area contributed by atoms with Gasteiger partial charge in [0.15, 0.2) is 5.69 Å². The van der Waals surface area contributed by atoms with Gasteiger partial charge in [-0.05, 0) is 12.8 Å². The van der Waals surface area contributed by atoms with Crippen molar-refractivity contribution >= 4 is 11.8 Å². The van der Waals surface area contributed by atoms with Gasteiger partial charge in [-0.15, -0.1) is 0 Å². The molecule has 3 N–H and O–H groups in total. The summed E-state index contributed by atoms with van der Waals surface area (Å²) in [4.78, 5) is 6.96. The molecular formula is C11H17F3N4. The topological polar surface area (TPSA) is 63.8 Å². The van der Waals surface area contributed by atoms with Crippen molar-refractivity contribution in [1.29, 1.82) is 0 Å². The minimum atomic E-state index is -4.51. The molecule has 0 bridgehead atoms. The SMILES string of the molecule is CCCC(CC)Nc1cc(C(F)(F)F)nc(N)n1. The lowest BCUT2D eigenvalue weighted by atomic mass is 10.1. The van der Waals surface area contributed by atoms with E-state index in [2.05, 4.69) is 15.3 Å². The smallest absolute Gasteiger partial charge is 0.368 e. The van der Waals surface area contributed by atoms with Crippen molar-refractivity contribution in [2.45, 2.75) is 45.3 Å². The number of rotatable bonds is 5. The molecule has 0 aliphatic rings. The third kappa shape index (κ3) is 4.05. The molecule has 1 unspecified atom stereocenters. The molecule has 0 saturated heterocycles. The largest absolute Gasteiger partial charge is 0.433 e. The Morgan fingerprint density at radius 2 is 2.00 bits per heavy atom. The molecule has 0 spiro atoms. The highest BCUT2D eigenvalue weighted by atomic mass is 19.4. The van der Waals surface area contributed by atoms with Gasteiger partial charge in [-0.1, -0.05) is 20.3 Å². The van der Waals surface area contributed by atoms with Gasteiger partial charge in [0.1, 0.15) is 5.82 Å². The Labute approximate surface area is 104 Å². The number of hydrogen-bond donors (Lipinski definition) is 2. The summed E-state index contributed by atoms with van der Waals surface area (Å²) >= 11 is 0. The van der Waals surface area contributed by atoms with Crippen molar-refractivity contribution in [3.8, 4) is 0 Å². The highest BCUT2D eigenvalue weighted by molar-refractivity contribution is 5.42. The van der Waals surface area contributed by atoms with Gasteiger partial charge >= 0.3 is 6.18 Å². The Balaban J connectivity index is 2.92. The lowest BCUT2D eigenvalue weighted by Crippen LogP contribution is -2.20. The number of anilines is 2. The quantitative estimate of drug-likeness (QED) is 0.856. The van der Waals surface area contributed by atoms with Gasteiger partial charge in [-0.2, -0.15) is 18.2 Å². The van der Waals surface area contributed by atoms with Crippen LogP contribution in [-0.2, 0) is 6.18 Å². The zero-order valence-electron chi connectivity index (χ0n) is 10.4. The van der Waals surface area contributed by atoms with Gasteiger partial charge in [0.25, 0.3) is 0 Å². The molecule has 0 aliphatic carbocycles. The average molecular weight is 262 g/mol. The molecule has 0 aliphatic heterocycles. The van der Waals surface area contributed by atoms with E-state index >= 15 is 0 Å².